The van der Waals surface area contributed by atoms with E-state index < -0.39 is 0 Å². The van der Waals surface area contributed by atoms with Crippen molar-refractivity contribution in [2.24, 2.45) is 0 Å². The van der Waals surface area contributed by atoms with Crippen molar-refractivity contribution in [2.45, 2.75) is 33.1 Å². The highest BCUT2D eigenvalue weighted by Gasteiger charge is 2.11. The fourth-order valence-corrected chi connectivity index (χ4v) is 4.19. The van der Waals surface area contributed by atoms with Crippen molar-refractivity contribution in [1.82, 2.24) is 0 Å². The first-order valence-electron chi connectivity index (χ1n) is 13.3. The summed E-state index contributed by atoms with van der Waals surface area (Å²) >= 11 is 0. The summed E-state index contributed by atoms with van der Waals surface area (Å²) in [5.41, 5.74) is 5.31. The van der Waals surface area contributed by atoms with Gasteiger partial charge in [0.15, 0.2) is 0 Å². The van der Waals surface area contributed by atoms with Crippen molar-refractivity contribution >= 4 is 46.4 Å². The van der Waals surface area contributed by atoms with Gasteiger partial charge in [0.05, 0.1) is 0 Å². The minimum atomic E-state index is -0.204. The Morgan fingerprint density at radius 3 is 1.27 bits per heavy atom. The summed E-state index contributed by atoms with van der Waals surface area (Å²) in [5, 5.41) is 11.4. The zero-order valence-electron chi connectivity index (χ0n) is 23.0. The average Bonchev–Trinajstić information content (AvgIpc) is 2.96. The van der Waals surface area contributed by atoms with E-state index in [4.69, 9.17) is 0 Å². The van der Waals surface area contributed by atoms with E-state index >= 15 is 0 Å². The molecule has 0 saturated heterocycles. The molecule has 8 nitrogen and oxygen atoms in total. The van der Waals surface area contributed by atoms with Crippen LogP contribution >= 0.6 is 0 Å². The highest BCUT2D eigenvalue weighted by atomic mass is 16.2. The van der Waals surface area contributed by atoms with E-state index in [0.717, 1.165) is 11.1 Å². The largest absolute Gasteiger partial charge is 0.326 e. The van der Waals surface area contributed by atoms with Gasteiger partial charge in [0, 0.05) is 46.7 Å². The Balaban J connectivity index is 1.20. The second kappa shape index (κ2) is 13.7. The maximum Gasteiger partial charge on any atom is 0.255 e. The first-order chi connectivity index (χ1) is 19.8. The van der Waals surface area contributed by atoms with Gasteiger partial charge >= 0.3 is 0 Å². The third-order valence-electron chi connectivity index (χ3n) is 6.40. The Morgan fingerprint density at radius 2 is 0.902 bits per heavy atom. The Labute approximate surface area is 239 Å². The van der Waals surface area contributed by atoms with Gasteiger partial charge < -0.3 is 21.3 Å². The molecular weight excluding hydrogens is 516 g/mol. The number of aryl methyl sites for hydroxylation is 2. The topological polar surface area (TPSA) is 116 Å². The predicted molar refractivity (Wildman–Crippen MR) is 162 cm³/mol. The molecule has 0 atom stereocenters. The summed E-state index contributed by atoms with van der Waals surface area (Å²) in [4.78, 5) is 49.7. The monoisotopic (exact) mass is 548 g/mol. The molecule has 208 valence electrons. The number of carbonyl (C=O) groups is 4. The van der Waals surface area contributed by atoms with Crippen LogP contribution in [0.1, 0.15) is 51.1 Å². The van der Waals surface area contributed by atoms with Crippen molar-refractivity contribution in [3.63, 3.8) is 0 Å². The van der Waals surface area contributed by atoms with E-state index in [0.29, 0.717) is 40.3 Å². The van der Waals surface area contributed by atoms with Crippen LogP contribution in [0.5, 0.6) is 0 Å². The standard InChI is InChI=1S/C33H32N4O4/c1-22-20-26(16-18-28(22)36-32(40)24-10-5-3-6-11-24)34-30(38)14-9-15-31(39)35-27-17-19-29(23(2)21-27)37-33(41)25-12-7-4-8-13-25/h3-8,10-13,16-21H,9,14-15H2,1-2H3,(H,34,38)(H,35,39)(H,36,40)(H,37,41). The van der Waals surface area contributed by atoms with E-state index in [2.05, 4.69) is 21.3 Å². The third kappa shape index (κ3) is 8.37. The summed E-state index contributed by atoms with van der Waals surface area (Å²) in [6.07, 6.45) is 0.747. The van der Waals surface area contributed by atoms with Crippen LogP contribution in [0.3, 0.4) is 0 Å². The predicted octanol–water partition coefficient (Wildman–Crippen LogP) is 6.56. The molecule has 0 heterocycles. The summed E-state index contributed by atoms with van der Waals surface area (Å²) in [6, 6.07) is 28.4. The Morgan fingerprint density at radius 1 is 0.512 bits per heavy atom. The molecule has 0 aliphatic carbocycles. The Hall–Kier alpha value is -5.24. The first-order valence-corrected chi connectivity index (χ1v) is 13.3. The molecule has 4 aromatic carbocycles. The molecule has 4 rings (SSSR count). The summed E-state index contributed by atoms with van der Waals surface area (Å²) < 4.78 is 0. The van der Waals surface area contributed by atoms with Crippen LogP contribution in [0.2, 0.25) is 0 Å². The molecule has 0 fully saturated rings. The minimum Gasteiger partial charge on any atom is -0.326 e. The van der Waals surface area contributed by atoms with Gasteiger partial charge in [-0.05, 0) is 92.1 Å². The van der Waals surface area contributed by atoms with Crippen molar-refractivity contribution in [2.75, 3.05) is 21.3 Å². The van der Waals surface area contributed by atoms with Gasteiger partial charge in [0.1, 0.15) is 0 Å². The van der Waals surface area contributed by atoms with Crippen molar-refractivity contribution in [3.05, 3.63) is 119 Å². The molecule has 0 spiro atoms. The summed E-state index contributed by atoms with van der Waals surface area (Å²) in [7, 11) is 0. The second-order valence-electron chi connectivity index (χ2n) is 9.65. The SMILES string of the molecule is Cc1cc(NC(=O)CCCC(=O)Nc2ccc(NC(=O)c3ccccc3)c(C)c2)ccc1NC(=O)c1ccccc1. The van der Waals surface area contributed by atoms with Gasteiger partial charge in [-0.3, -0.25) is 19.2 Å². The van der Waals surface area contributed by atoms with E-state index in [-0.39, 0.29) is 36.5 Å². The molecule has 0 radical (unpaired) electrons. The van der Waals surface area contributed by atoms with E-state index in [9.17, 15) is 19.2 Å². The lowest BCUT2D eigenvalue weighted by Crippen LogP contribution is -2.16. The number of amides is 4. The highest BCUT2D eigenvalue weighted by molar-refractivity contribution is 6.05. The molecule has 0 aliphatic rings. The second-order valence-corrected chi connectivity index (χ2v) is 9.65. The van der Waals surface area contributed by atoms with E-state index in [1.807, 2.05) is 26.0 Å². The van der Waals surface area contributed by atoms with Crippen molar-refractivity contribution in [1.29, 1.82) is 0 Å². The van der Waals surface area contributed by atoms with Gasteiger partial charge in [0.25, 0.3) is 11.8 Å². The molecule has 8 heteroatoms. The quantitative estimate of drug-likeness (QED) is 0.180. The zero-order chi connectivity index (χ0) is 29.2. The van der Waals surface area contributed by atoms with Crippen LogP contribution in [-0.4, -0.2) is 23.6 Å². The number of benzene rings is 4. The van der Waals surface area contributed by atoms with Crippen LogP contribution in [0, 0.1) is 13.8 Å². The molecular formula is C33H32N4O4. The van der Waals surface area contributed by atoms with Crippen LogP contribution in [0.15, 0.2) is 97.1 Å². The fraction of sp³-hybridized carbons (Fsp3) is 0.152. The number of nitrogens with one attached hydrogen (secondary N) is 4. The molecule has 0 bridgehead atoms. The number of carbonyl (C=O) groups excluding carboxylic acids is 4. The van der Waals surface area contributed by atoms with E-state index in [1.54, 1.807) is 84.9 Å². The van der Waals surface area contributed by atoms with E-state index in [1.165, 1.54) is 0 Å². The van der Waals surface area contributed by atoms with Gasteiger partial charge in [-0.2, -0.15) is 0 Å². The molecule has 4 N–H and O–H groups in total. The minimum absolute atomic E-state index is 0.183. The molecule has 4 aromatic rings. The number of hydrogen-bond acceptors (Lipinski definition) is 4. The summed E-state index contributed by atoms with van der Waals surface area (Å²) in [6.45, 7) is 3.71. The van der Waals surface area contributed by atoms with Crippen LogP contribution in [0.4, 0.5) is 22.7 Å². The van der Waals surface area contributed by atoms with Gasteiger partial charge in [-0.15, -0.1) is 0 Å². The van der Waals surface area contributed by atoms with Gasteiger partial charge in [-0.1, -0.05) is 36.4 Å². The average molecular weight is 549 g/mol. The Bertz CT molecular complexity index is 1440. The smallest absolute Gasteiger partial charge is 0.255 e. The third-order valence-corrected chi connectivity index (χ3v) is 6.40. The summed E-state index contributed by atoms with van der Waals surface area (Å²) in [5.74, 6) is -0.811. The van der Waals surface area contributed by atoms with Crippen LogP contribution in [0.25, 0.3) is 0 Å². The zero-order valence-corrected chi connectivity index (χ0v) is 23.0. The lowest BCUT2D eigenvalue weighted by molar-refractivity contribution is -0.117. The normalized spacial score (nSPS) is 10.4. The highest BCUT2D eigenvalue weighted by Crippen LogP contribution is 2.22. The molecule has 0 unspecified atom stereocenters. The molecule has 41 heavy (non-hydrogen) atoms. The fourth-order valence-electron chi connectivity index (χ4n) is 4.19. The number of anilines is 4. The Kier molecular flexibility index (Phi) is 9.62. The molecule has 0 aromatic heterocycles. The number of rotatable bonds is 10. The molecule has 4 amide bonds. The molecule has 0 saturated carbocycles. The van der Waals surface area contributed by atoms with Crippen LogP contribution < -0.4 is 21.3 Å². The van der Waals surface area contributed by atoms with Crippen LogP contribution in [-0.2, 0) is 9.59 Å². The van der Waals surface area contributed by atoms with Gasteiger partial charge in [0.2, 0.25) is 11.8 Å². The van der Waals surface area contributed by atoms with Gasteiger partial charge in [-0.25, -0.2) is 0 Å². The number of hydrogen-bond donors (Lipinski definition) is 4. The van der Waals surface area contributed by atoms with Crippen molar-refractivity contribution in [3.8, 4) is 0 Å². The first kappa shape index (κ1) is 28.8. The maximum absolute atomic E-state index is 12.4. The van der Waals surface area contributed by atoms with Crippen molar-refractivity contribution < 1.29 is 19.2 Å². The maximum atomic E-state index is 12.4. The molecule has 0 aliphatic heterocycles. The lowest BCUT2D eigenvalue weighted by atomic mass is 10.1. The lowest BCUT2D eigenvalue weighted by Gasteiger charge is -2.12.